The SMILES string of the molecule is CCOC(=O)[C@H](C)N[P@](=O)(OC[C@H]1O[C@@H](n2cnc3c(OC)nc(C)nc32)[C@](C)(F)[C@@H]1O)Oc1ccc2c(c1)OCO2. The number of aryl methyl sites for hydroxylation is 1. The first kappa shape index (κ1) is 29.9. The smallest absolute Gasteiger partial charge is 0.459 e. The highest BCUT2D eigenvalue weighted by molar-refractivity contribution is 7.52. The summed E-state index contributed by atoms with van der Waals surface area (Å²) in [6.45, 7) is 5.34. The Morgan fingerprint density at radius 1 is 1.33 bits per heavy atom. The van der Waals surface area contributed by atoms with E-state index in [9.17, 15) is 14.5 Å². The zero-order valence-corrected chi connectivity index (χ0v) is 24.4. The zero-order chi connectivity index (χ0) is 30.2. The number of nitrogens with one attached hydrogen (secondary N) is 1. The summed E-state index contributed by atoms with van der Waals surface area (Å²) in [4.78, 5) is 25.0. The van der Waals surface area contributed by atoms with E-state index in [1.165, 1.54) is 37.1 Å². The molecule has 3 aromatic rings. The van der Waals surface area contributed by atoms with Crippen LogP contribution in [-0.2, 0) is 23.4 Å². The molecule has 0 spiro atoms. The van der Waals surface area contributed by atoms with Gasteiger partial charge >= 0.3 is 13.7 Å². The second kappa shape index (κ2) is 11.6. The maximum absolute atomic E-state index is 16.0. The Morgan fingerprint density at radius 3 is 2.83 bits per heavy atom. The number of aliphatic hydroxyl groups is 1. The summed E-state index contributed by atoms with van der Waals surface area (Å²) in [7, 11) is -2.95. The van der Waals surface area contributed by atoms with Gasteiger partial charge in [0.25, 0.3) is 0 Å². The maximum atomic E-state index is 16.0. The van der Waals surface area contributed by atoms with E-state index in [0.29, 0.717) is 17.3 Å². The normalized spacial score (nSPS) is 25.3. The maximum Gasteiger partial charge on any atom is 0.459 e. The van der Waals surface area contributed by atoms with E-state index >= 15 is 4.39 Å². The molecule has 0 saturated carbocycles. The minimum absolute atomic E-state index is 0.00967. The molecule has 1 saturated heterocycles. The number of imidazole rings is 1. The highest BCUT2D eigenvalue weighted by atomic mass is 31.2. The molecule has 0 bridgehead atoms. The predicted molar refractivity (Wildman–Crippen MR) is 142 cm³/mol. The quantitative estimate of drug-likeness (QED) is 0.239. The number of nitrogens with zero attached hydrogens (tertiary/aromatic N) is 4. The number of benzene rings is 1. The van der Waals surface area contributed by atoms with Crippen molar-refractivity contribution in [3.8, 4) is 23.1 Å². The second-order valence-electron chi connectivity index (χ2n) is 9.73. The Hall–Kier alpha value is -3.56. The van der Waals surface area contributed by atoms with Gasteiger partial charge in [-0.15, -0.1) is 0 Å². The van der Waals surface area contributed by atoms with Gasteiger partial charge in [0.2, 0.25) is 12.7 Å². The number of carbonyl (C=O) groups excluding carboxylic acids is 1. The Kier molecular flexibility index (Phi) is 8.27. The molecule has 42 heavy (non-hydrogen) atoms. The fourth-order valence-electron chi connectivity index (χ4n) is 4.55. The summed E-state index contributed by atoms with van der Waals surface area (Å²) >= 11 is 0. The second-order valence-corrected chi connectivity index (χ2v) is 11.4. The number of carbonyl (C=O) groups is 1. The summed E-state index contributed by atoms with van der Waals surface area (Å²) in [5, 5.41) is 13.4. The number of esters is 1. The van der Waals surface area contributed by atoms with Crippen molar-refractivity contribution in [1.82, 2.24) is 24.6 Å². The van der Waals surface area contributed by atoms with E-state index in [1.54, 1.807) is 19.9 Å². The number of fused-ring (bicyclic) bond motifs is 2. The molecule has 1 fully saturated rings. The summed E-state index contributed by atoms with van der Waals surface area (Å²) in [5.74, 6) is 0.727. The molecule has 2 aliphatic heterocycles. The Morgan fingerprint density at radius 2 is 2.10 bits per heavy atom. The lowest BCUT2D eigenvalue weighted by atomic mass is 9.98. The molecule has 5 rings (SSSR count). The number of hydrogen-bond acceptors (Lipinski definition) is 13. The average Bonchev–Trinajstić information content (AvgIpc) is 3.63. The van der Waals surface area contributed by atoms with Crippen LogP contribution in [0.15, 0.2) is 24.5 Å². The van der Waals surface area contributed by atoms with Gasteiger partial charge in [0.1, 0.15) is 29.8 Å². The van der Waals surface area contributed by atoms with Crippen molar-refractivity contribution in [2.24, 2.45) is 0 Å². The van der Waals surface area contributed by atoms with Gasteiger partial charge in [-0.3, -0.25) is 13.9 Å². The number of ether oxygens (including phenoxy) is 5. The third-order valence-electron chi connectivity index (χ3n) is 6.63. The first-order valence-corrected chi connectivity index (χ1v) is 14.6. The van der Waals surface area contributed by atoms with Crippen molar-refractivity contribution < 1.29 is 51.6 Å². The number of aliphatic hydroxyl groups excluding tert-OH is 1. The van der Waals surface area contributed by atoms with Crippen molar-refractivity contribution >= 4 is 24.9 Å². The fraction of sp³-hybridized carbons (Fsp3) is 0.520. The van der Waals surface area contributed by atoms with Crippen LogP contribution in [0.5, 0.6) is 23.1 Å². The van der Waals surface area contributed by atoms with Gasteiger partial charge in [-0.2, -0.15) is 10.1 Å². The van der Waals surface area contributed by atoms with Crippen molar-refractivity contribution in [3.05, 3.63) is 30.4 Å². The van der Waals surface area contributed by atoms with Crippen molar-refractivity contribution in [3.63, 3.8) is 0 Å². The molecule has 15 nitrogen and oxygen atoms in total. The minimum atomic E-state index is -4.37. The van der Waals surface area contributed by atoms with Gasteiger partial charge in [-0.05, 0) is 39.8 Å². The van der Waals surface area contributed by atoms with Crippen LogP contribution in [0.25, 0.3) is 11.2 Å². The molecule has 4 heterocycles. The van der Waals surface area contributed by atoms with E-state index in [1.807, 2.05) is 0 Å². The van der Waals surface area contributed by atoms with Crippen LogP contribution in [-0.4, -0.2) is 81.6 Å². The number of methoxy groups -OCH3 is 1. The number of hydrogen-bond donors (Lipinski definition) is 2. The number of halogens is 1. The third-order valence-corrected chi connectivity index (χ3v) is 8.28. The zero-order valence-electron chi connectivity index (χ0n) is 23.5. The van der Waals surface area contributed by atoms with Gasteiger partial charge in [0.05, 0.1) is 26.7 Å². The molecular formula is C25H31FN5O10P. The van der Waals surface area contributed by atoms with Crippen molar-refractivity contribution in [2.45, 2.75) is 57.8 Å². The molecule has 2 N–H and O–H groups in total. The fourth-order valence-corrected chi connectivity index (χ4v) is 6.04. The Labute approximate surface area is 239 Å². The van der Waals surface area contributed by atoms with Crippen molar-refractivity contribution in [2.75, 3.05) is 27.1 Å². The first-order chi connectivity index (χ1) is 20.0. The Bertz CT molecular complexity index is 1520. The summed E-state index contributed by atoms with van der Waals surface area (Å²) in [5.41, 5.74) is -1.86. The first-order valence-electron chi connectivity index (χ1n) is 13.0. The van der Waals surface area contributed by atoms with E-state index in [-0.39, 0.29) is 36.2 Å². The van der Waals surface area contributed by atoms with Gasteiger partial charge in [0, 0.05) is 6.07 Å². The molecule has 0 aliphatic carbocycles. The molecular weight excluding hydrogens is 580 g/mol. The highest BCUT2D eigenvalue weighted by Gasteiger charge is 2.56. The van der Waals surface area contributed by atoms with E-state index in [4.69, 9.17) is 32.7 Å². The van der Waals surface area contributed by atoms with E-state index in [0.717, 1.165) is 6.92 Å². The number of rotatable bonds is 11. The predicted octanol–water partition coefficient (Wildman–Crippen LogP) is 2.60. The lowest BCUT2D eigenvalue weighted by molar-refractivity contribution is -0.144. The van der Waals surface area contributed by atoms with Crippen molar-refractivity contribution in [1.29, 1.82) is 0 Å². The molecule has 0 amide bonds. The molecule has 2 aromatic heterocycles. The summed E-state index contributed by atoms with van der Waals surface area (Å²) < 4.78 is 69.3. The molecule has 1 aromatic carbocycles. The standard InChI is InChI=1S/C25H31FN5O10P/c1-6-36-23(33)13(2)30-42(34,41-15-7-8-16-17(9-15)38-12-37-16)39-10-18-20(32)25(4,26)24(40-18)31-11-27-19-21(31)28-14(3)29-22(19)35-5/h7-9,11,13,18,20,24,32H,6,10,12H2,1-5H3,(H,30,34)/t13-,18+,20+,24+,25+,42-/m0/s1. The lowest BCUT2D eigenvalue weighted by Crippen LogP contribution is -2.41. The van der Waals surface area contributed by atoms with E-state index < -0.39 is 50.5 Å². The van der Waals surface area contributed by atoms with Gasteiger partial charge in [-0.1, -0.05) is 0 Å². The third kappa shape index (κ3) is 5.72. The van der Waals surface area contributed by atoms with Crippen LogP contribution in [0.1, 0.15) is 32.8 Å². The van der Waals surface area contributed by atoms with Crippen LogP contribution < -0.4 is 23.8 Å². The highest BCUT2D eigenvalue weighted by Crippen LogP contribution is 2.49. The topological polar surface area (TPSA) is 175 Å². The number of alkyl halides is 1. The van der Waals surface area contributed by atoms with Crippen LogP contribution >= 0.6 is 7.75 Å². The molecule has 228 valence electrons. The largest absolute Gasteiger partial charge is 0.479 e. The molecule has 0 radical (unpaired) electrons. The van der Waals surface area contributed by atoms with E-state index in [2.05, 4.69) is 20.0 Å². The number of aromatic nitrogens is 4. The average molecular weight is 612 g/mol. The van der Waals surface area contributed by atoms with Crippen LogP contribution in [0.2, 0.25) is 0 Å². The van der Waals surface area contributed by atoms with Gasteiger partial charge < -0.3 is 33.3 Å². The molecule has 2 aliphatic rings. The van der Waals surface area contributed by atoms with Crippen LogP contribution in [0.4, 0.5) is 4.39 Å². The molecule has 0 unspecified atom stereocenters. The summed E-state index contributed by atoms with van der Waals surface area (Å²) in [6.07, 6.45) is -3.15. The monoisotopic (exact) mass is 611 g/mol. The van der Waals surface area contributed by atoms with Gasteiger partial charge in [-0.25, -0.2) is 18.9 Å². The van der Waals surface area contributed by atoms with Gasteiger partial charge in [0.15, 0.2) is 34.6 Å². The minimum Gasteiger partial charge on any atom is -0.479 e. The van der Waals surface area contributed by atoms with Crippen LogP contribution in [0, 0.1) is 6.92 Å². The van der Waals surface area contributed by atoms with Crippen LogP contribution in [0.3, 0.4) is 0 Å². The Balaban J connectivity index is 1.38. The molecule has 17 heteroatoms. The summed E-state index contributed by atoms with van der Waals surface area (Å²) in [6, 6.07) is 3.34. The lowest BCUT2D eigenvalue weighted by Gasteiger charge is -2.25. The molecule has 6 atom stereocenters.